The zero-order valence-corrected chi connectivity index (χ0v) is 10.7. The summed E-state index contributed by atoms with van der Waals surface area (Å²) < 4.78 is 5.58. The Morgan fingerprint density at radius 2 is 2.12 bits per heavy atom. The smallest absolute Gasteiger partial charge is 0.244 e. The lowest BCUT2D eigenvalue weighted by Gasteiger charge is -2.42. The number of carbonyl (C=O) groups is 1. The summed E-state index contributed by atoms with van der Waals surface area (Å²) >= 11 is 0. The molecule has 3 aliphatic rings. The summed E-state index contributed by atoms with van der Waals surface area (Å²) in [7, 11) is 0. The van der Waals surface area contributed by atoms with Gasteiger partial charge in [0, 0.05) is 12.6 Å². The van der Waals surface area contributed by atoms with Gasteiger partial charge in [-0.25, -0.2) is 0 Å². The van der Waals surface area contributed by atoms with Crippen molar-refractivity contribution in [2.75, 3.05) is 6.61 Å². The van der Waals surface area contributed by atoms with Crippen molar-refractivity contribution < 1.29 is 9.53 Å². The van der Waals surface area contributed by atoms with Crippen molar-refractivity contribution in [3.63, 3.8) is 0 Å². The predicted octanol–water partition coefficient (Wildman–Crippen LogP) is 1.25. The number of nitrogens with one attached hydrogen (secondary N) is 1. The summed E-state index contributed by atoms with van der Waals surface area (Å²) in [6, 6.07) is 0.413. The number of carbonyl (C=O) groups excluding carboxylic acids is 1. The standard InChI is InChI=1S/C13H22N2O2/c1-3-11-14-13(5-6-13)12(16)15(11)9-7-10(8-9)17-4-2/h9-11,14H,3-8H2,1-2H3. The fourth-order valence-electron chi connectivity index (χ4n) is 3.18. The average Bonchev–Trinajstić information content (AvgIpc) is 2.99. The topological polar surface area (TPSA) is 41.6 Å². The van der Waals surface area contributed by atoms with E-state index in [4.69, 9.17) is 4.74 Å². The Morgan fingerprint density at radius 1 is 1.41 bits per heavy atom. The Kier molecular flexibility index (Phi) is 2.67. The molecule has 1 amide bonds. The molecule has 0 radical (unpaired) electrons. The Hall–Kier alpha value is -0.610. The second kappa shape index (κ2) is 3.95. The molecule has 1 spiro atoms. The van der Waals surface area contributed by atoms with E-state index in [1.54, 1.807) is 0 Å². The van der Waals surface area contributed by atoms with Crippen LogP contribution in [0.3, 0.4) is 0 Å². The van der Waals surface area contributed by atoms with E-state index in [1.165, 1.54) is 0 Å². The summed E-state index contributed by atoms with van der Waals surface area (Å²) in [5, 5.41) is 3.52. The van der Waals surface area contributed by atoms with Crippen molar-refractivity contribution in [3.05, 3.63) is 0 Å². The minimum atomic E-state index is -0.155. The third-order valence-electron chi connectivity index (χ3n) is 4.42. The highest BCUT2D eigenvalue weighted by molar-refractivity contribution is 5.92. The molecule has 17 heavy (non-hydrogen) atoms. The van der Waals surface area contributed by atoms with Crippen LogP contribution in [0.15, 0.2) is 0 Å². The molecule has 4 heteroatoms. The molecule has 0 aromatic rings. The molecule has 4 nitrogen and oxygen atoms in total. The highest BCUT2D eigenvalue weighted by Gasteiger charge is 2.60. The first kappa shape index (κ1) is 11.5. The fraction of sp³-hybridized carbons (Fsp3) is 0.923. The Morgan fingerprint density at radius 3 is 2.65 bits per heavy atom. The van der Waals surface area contributed by atoms with E-state index in [2.05, 4.69) is 17.1 Å². The van der Waals surface area contributed by atoms with Gasteiger partial charge in [-0.15, -0.1) is 0 Å². The van der Waals surface area contributed by atoms with Crippen molar-refractivity contribution in [2.45, 2.75) is 69.8 Å². The number of amides is 1. The summed E-state index contributed by atoms with van der Waals surface area (Å²) in [4.78, 5) is 14.5. The average molecular weight is 238 g/mol. The zero-order chi connectivity index (χ0) is 12.0. The molecule has 3 fully saturated rings. The highest BCUT2D eigenvalue weighted by atomic mass is 16.5. The first-order valence-electron chi connectivity index (χ1n) is 6.92. The normalized spacial score (nSPS) is 38.6. The Balaban J connectivity index is 1.64. The third kappa shape index (κ3) is 1.69. The number of hydrogen-bond acceptors (Lipinski definition) is 3. The van der Waals surface area contributed by atoms with Gasteiger partial charge in [0.1, 0.15) is 0 Å². The van der Waals surface area contributed by atoms with Crippen LogP contribution < -0.4 is 5.32 Å². The van der Waals surface area contributed by atoms with Crippen LogP contribution in [-0.2, 0) is 9.53 Å². The van der Waals surface area contributed by atoms with Gasteiger partial charge in [-0.3, -0.25) is 10.1 Å². The monoisotopic (exact) mass is 238 g/mol. The second-order valence-electron chi connectivity index (χ2n) is 5.57. The molecular weight excluding hydrogens is 216 g/mol. The number of ether oxygens (including phenoxy) is 1. The van der Waals surface area contributed by atoms with Crippen LogP contribution in [-0.4, -0.2) is 41.3 Å². The Bertz CT molecular complexity index is 321. The molecule has 2 saturated carbocycles. The van der Waals surface area contributed by atoms with Gasteiger partial charge in [0.25, 0.3) is 0 Å². The maximum absolute atomic E-state index is 12.4. The number of rotatable bonds is 4. The molecule has 1 N–H and O–H groups in total. The molecule has 1 unspecified atom stereocenters. The lowest BCUT2D eigenvalue weighted by Crippen LogP contribution is -2.53. The molecular formula is C13H22N2O2. The summed E-state index contributed by atoms with van der Waals surface area (Å²) in [5.74, 6) is 0.351. The fourth-order valence-corrected chi connectivity index (χ4v) is 3.18. The minimum absolute atomic E-state index is 0.155. The first-order valence-corrected chi connectivity index (χ1v) is 6.92. The predicted molar refractivity (Wildman–Crippen MR) is 64.5 cm³/mol. The van der Waals surface area contributed by atoms with Crippen molar-refractivity contribution in [1.82, 2.24) is 10.2 Å². The summed E-state index contributed by atoms with van der Waals surface area (Å²) in [5.41, 5.74) is -0.155. The van der Waals surface area contributed by atoms with Gasteiger partial charge in [0.15, 0.2) is 0 Å². The Labute approximate surface area is 103 Å². The van der Waals surface area contributed by atoms with E-state index in [1.807, 2.05) is 6.92 Å². The third-order valence-corrected chi connectivity index (χ3v) is 4.42. The largest absolute Gasteiger partial charge is 0.378 e. The van der Waals surface area contributed by atoms with Crippen molar-refractivity contribution in [3.8, 4) is 0 Å². The quantitative estimate of drug-likeness (QED) is 0.801. The minimum Gasteiger partial charge on any atom is -0.378 e. The van der Waals surface area contributed by atoms with Crippen LogP contribution in [0.1, 0.15) is 46.0 Å². The van der Waals surface area contributed by atoms with Gasteiger partial charge in [-0.2, -0.15) is 0 Å². The van der Waals surface area contributed by atoms with Crippen LogP contribution in [0.2, 0.25) is 0 Å². The van der Waals surface area contributed by atoms with E-state index in [0.29, 0.717) is 18.1 Å². The summed E-state index contributed by atoms with van der Waals surface area (Å²) in [6.07, 6.45) is 5.75. The van der Waals surface area contributed by atoms with Crippen molar-refractivity contribution in [1.29, 1.82) is 0 Å². The van der Waals surface area contributed by atoms with E-state index in [9.17, 15) is 4.79 Å². The van der Waals surface area contributed by atoms with Crippen LogP contribution in [0, 0.1) is 0 Å². The molecule has 1 aliphatic heterocycles. The molecule has 0 aromatic heterocycles. The molecule has 96 valence electrons. The molecule has 1 saturated heterocycles. The van der Waals surface area contributed by atoms with Crippen molar-refractivity contribution in [2.24, 2.45) is 0 Å². The lowest BCUT2D eigenvalue weighted by molar-refractivity contribution is -0.139. The molecule has 3 rings (SSSR count). The van der Waals surface area contributed by atoms with Gasteiger partial charge in [0.2, 0.25) is 5.91 Å². The van der Waals surface area contributed by atoms with Crippen LogP contribution in [0.25, 0.3) is 0 Å². The van der Waals surface area contributed by atoms with Gasteiger partial charge in [-0.05, 0) is 39.0 Å². The van der Waals surface area contributed by atoms with E-state index in [0.717, 1.165) is 38.7 Å². The van der Waals surface area contributed by atoms with Crippen LogP contribution in [0.4, 0.5) is 0 Å². The summed E-state index contributed by atoms with van der Waals surface area (Å²) in [6.45, 7) is 4.96. The van der Waals surface area contributed by atoms with Crippen LogP contribution in [0.5, 0.6) is 0 Å². The molecule has 2 aliphatic carbocycles. The maximum atomic E-state index is 12.4. The SMILES string of the molecule is CCOC1CC(N2C(=O)C3(CC3)NC2CC)C1. The second-order valence-corrected chi connectivity index (χ2v) is 5.57. The van der Waals surface area contributed by atoms with Crippen LogP contribution >= 0.6 is 0 Å². The van der Waals surface area contributed by atoms with Crippen molar-refractivity contribution >= 4 is 5.91 Å². The number of hydrogen-bond donors (Lipinski definition) is 1. The van der Waals surface area contributed by atoms with Gasteiger partial charge < -0.3 is 9.64 Å². The lowest BCUT2D eigenvalue weighted by atomic mass is 9.87. The number of nitrogens with zero attached hydrogens (tertiary/aromatic N) is 1. The first-order chi connectivity index (χ1) is 8.20. The highest BCUT2D eigenvalue weighted by Crippen LogP contribution is 2.45. The van der Waals surface area contributed by atoms with E-state index in [-0.39, 0.29) is 11.7 Å². The maximum Gasteiger partial charge on any atom is 0.244 e. The molecule has 0 aromatic carbocycles. The van der Waals surface area contributed by atoms with Gasteiger partial charge in [-0.1, -0.05) is 6.92 Å². The van der Waals surface area contributed by atoms with E-state index >= 15 is 0 Å². The molecule has 0 bridgehead atoms. The van der Waals surface area contributed by atoms with E-state index < -0.39 is 0 Å². The van der Waals surface area contributed by atoms with Gasteiger partial charge in [0.05, 0.1) is 17.8 Å². The zero-order valence-electron chi connectivity index (χ0n) is 10.7. The van der Waals surface area contributed by atoms with Gasteiger partial charge >= 0.3 is 0 Å². The molecule has 1 atom stereocenters. The molecule has 1 heterocycles.